The van der Waals surface area contributed by atoms with Crippen molar-refractivity contribution in [3.63, 3.8) is 0 Å². The number of alkyl halides is 3. The Labute approximate surface area is 176 Å². The molecule has 0 radical (unpaired) electrons. The number of hydrogen-bond acceptors (Lipinski definition) is 4. The summed E-state index contributed by atoms with van der Waals surface area (Å²) in [6.45, 7) is 4.67. The second-order valence-electron chi connectivity index (χ2n) is 8.22. The number of halogens is 4. The summed E-state index contributed by atoms with van der Waals surface area (Å²) in [6, 6.07) is 6.42. The van der Waals surface area contributed by atoms with E-state index in [1.165, 1.54) is 22.8 Å². The molecule has 0 aliphatic rings. The van der Waals surface area contributed by atoms with Gasteiger partial charge in [0.15, 0.2) is 5.65 Å². The van der Waals surface area contributed by atoms with Gasteiger partial charge in [-0.05, 0) is 57.0 Å². The van der Waals surface area contributed by atoms with Crippen molar-refractivity contribution in [1.82, 2.24) is 14.5 Å². The summed E-state index contributed by atoms with van der Waals surface area (Å²) >= 11 is 0. The molecule has 9 heteroatoms. The maximum atomic E-state index is 14.2. The summed E-state index contributed by atoms with van der Waals surface area (Å²) < 4.78 is 55.2. The Morgan fingerprint density at radius 3 is 2.45 bits per heavy atom. The number of imidazole rings is 1. The third-order valence-electron chi connectivity index (χ3n) is 4.76. The monoisotopic (exact) mass is 437 g/mol. The number of carbonyl (C=O) groups excluding carboxylic acids is 1. The molecule has 0 aliphatic heterocycles. The first-order chi connectivity index (χ1) is 14.3. The molecule has 0 fully saturated rings. The van der Waals surface area contributed by atoms with Gasteiger partial charge in [-0.3, -0.25) is 9.36 Å². The van der Waals surface area contributed by atoms with E-state index in [2.05, 4.69) is 9.97 Å². The molecule has 5 nitrogen and oxygen atoms in total. The molecule has 0 spiro atoms. The molecule has 0 aliphatic carbocycles. The number of aliphatic hydroxyl groups is 1. The minimum Gasteiger partial charge on any atom is -0.390 e. The van der Waals surface area contributed by atoms with Crippen LogP contribution in [0.1, 0.15) is 50.2 Å². The molecule has 3 aromatic rings. The first-order valence-corrected chi connectivity index (χ1v) is 9.81. The highest BCUT2D eigenvalue weighted by atomic mass is 19.4. The van der Waals surface area contributed by atoms with Crippen molar-refractivity contribution in [3.8, 4) is 5.69 Å². The molecule has 3 rings (SSSR count). The van der Waals surface area contributed by atoms with Gasteiger partial charge in [-0.1, -0.05) is 6.07 Å². The molecule has 0 amide bonds. The van der Waals surface area contributed by atoms with Gasteiger partial charge in [0.05, 0.1) is 11.3 Å². The number of aromatic nitrogens is 3. The number of nitrogens with zero attached hydrogens (tertiary/aromatic N) is 3. The standard InChI is InChI=1S/C22H23F4N3O2/c1-13-7-8-14(11-16(13)23)29-19(6-4-5-15(30)12-21(2,3)31)27-17-9-10-18(22(24,25)26)28-20(17)29/h7-11,31H,4-6,12H2,1-3H3. The SMILES string of the molecule is Cc1ccc(-n2c(CCCC(=O)CC(C)(C)O)nc3ccc(C(F)(F)F)nc32)cc1F. The van der Waals surface area contributed by atoms with Crippen LogP contribution in [0.2, 0.25) is 0 Å². The maximum absolute atomic E-state index is 14.2. The number of fused-ring (bicyclic) bond motifs is 1. The van der Waals surface area contributed by atoms with E-state index in [0.29, 0.717) is 23.5 Å². The van der Waals surface area contributed by atoms with Gasteiger partial charge in [-0.2, -0.15) is 13.2 Å². The summed E-state index contributed by atoms with van der Waals surface area (Å²) in [7, 11) is 0. The second-order valence-corrected chi connectivity index (χ2v) is 8.22. The highest BCUT2D eigenvalue weighted by Gasteiger charge is 2.33. The van der Waals surface area contributed by atoms with Crippen LogP contribution in [-0.2, 0) is 17.4 Å². The highest BCUT2D eigenvalue weighted by molar-refractivity contribution is 5.79. The van der Waals surface area contributed by atoms with Gasteiger partial charge in [0.1, 0.15) is 28.6 Å². The Morgan fingerprint density at radius 1 is 1.13 bits per heavy atom. The molecule has 2 heterocycles. The normalized spacial score (nSPS) is 12.5. The first kappa shape index (κ1) is 22.9. The number of carbonyl (C=O) groups is 1. The van der Waals surface area contributed by atoms with Crippen LogP contribution in [0, 0.1) is 12.7 Å². The predicted molar refractivity (Wildman–Crippen MR) is 107 cm³/mol. The molecule has 0 bridgehead atoms. The summed E-state index contributed by atoms with van der Waals surface area (Å²) in [5.74, 6) is -0.257. The lowest BCUT2D eigenvalue weighted by atomic mass is 9.99. The molecule has 31 heavy (non-hydrogen) atoms. The molecule has 0 atom stereocenters. The average Bonchev–Trinajstić information content (AvgIpc) is 2.99. The number of rotatable bonds is 7. The third-order valence-corrected chi connectivity index (χ3v) is 4.76. The van der Waals surface area contributed by atoms with E-state index in [0.717, 1.165) is 6.07 Å². The van der Waals surface area contributed by atoms with Gasteiger partial charge >= 0.3 is 6.18 Å². The number of Topliss-reactive ketones (excluding diaryl/α,β-unsaturated/α-hetero) is 1. The van der Waals surface area contributed by atoms with E-state index in [1.807, 2.05) is 0 Å². The fraction of sp³-hybridized carbons (Fsp3) is 0.409. The minimum absolute atomic E-state index is 0.00306. The van der Waals surface area contributed by atoms with E-state index in [9.17, 15) is 27.5 Å². The summed E-state index contributed by atoms with van der Waals surface area (Å²) in [5.41, 5.74) is -1.27. The number of aryl methyl sites for hydroxylation is 2. The first-order valence-electron chi connectivity index (χ1n) is 9.81. The summed E-state index contributed by atoms with van der Waals surface area (Å²) in [4.78, 5) is 20.2. The summed E-state index contributed by atoms with van der Waals surface area (Å²) in [5, 5.41) is 9.76. The van der Waals surface area contributed by atoms with Crippen molar-refractivity contribution in [2.75, 3.05) is 0 Å². The number of ketones is 1. The van der Waals surface area contributed by atoms with E-state index >= 15 is 0 Å². The Kier molecular flexibility index (Phi) is 6.18. The van der Waals surface area contributed by atoms with Gasteiger partial charge in [-0.25, -0.2) is 14.4 Å². The molecule has 0 unspecified atom stereocenters. The van der Waals surface area contributed by atoms with Crippen molar-refractivity contribution in [2.24, 2.45) is 0 Å². The molecular formula is C22H23F4N3O2. The Hall–Kier alpha value is -2.81. The molecule has 0 saturated heterocycles. The molecular weight excluding hydrogens is 414 g/mol. The van der Waals surface area contributed by atoms with Crippen LogP contribution in [-0.4, -0.2) is 31.0 Å². The van der Waals surface area contributed by atoms with Crippen molar-refractivity contribution in [2.45, 2.75) is 58.2 Å². The van der Waals surface area contributed by atoms with Crippen LogP contribution in [0.3, 0.4) is 0 Å². The Morgan fingerprint density at radius 2 is 1.84 bits per heavy atom. The number of hydrogen-bond donors (Lipinski definition) is 1. The maximum Gasteiger partial charge on any atom is 0.433 e. The smallest absolute Gasteiger partial charge is 0.390 e. The quantitative estimate of drug-likeness (QED) is 0.532. The second kappa shape index (κ2) is 8.37. The topological polar surface area (TPSA) is 68.0 Å². The molecule has 1 aromatic carbocycles. The van der Waals surface area contributed by atoms with E-state index in [1.54, 1.807) is 26.8 Å². The van der Waals surface area contributed by atoms with Crippen molar-refractivity contribution < 1.29 is 27.5 Å². The lowest BCUT2D eigenvalue weighted by molar-refractivity contribution is -0.141. The van der Waals surface area contributed by atoms with Crippen LogP contribution in [0.25, 0.3) is 16.9 Å². The Balaban J connectivity index is 1.99. The largest absolute Gasteiger partial charge is 0.433 e. The lowest BCUT2D eigenvalue weighted by Crippen LogP contribution is -2.23. The minimum atomic E-state index is -4.63. The Bertz CT molecular complexity index is 1110. The van der Waals surface area contributed by atoms with Crippen molar-refractivity contribution >= 4 is 16.9 Å². The number of pyridine rings is 1. The fourth-order valence-corrected chi connectivity index (χ4v) is 3.34. The molecule has 2 aromatic heterocycles. The van der Waals surface area contributed by atoms with Crippen molar-refractivity contribution in [3.05, 3.63) is 53.2 Å². The van der Waals surface area contributed by atoms with E-state index in [4.69, 9.17) is 0 Å². The van der Waals surface area contributed by atoms with Crippen LogP contribution in [0.5, 0.6) is 0 Å². The third kappa shape index (κ3) is 5.46. The predicted octanol–water partition coefficient (Wildman–Crippen LogP) is 4.94. The van der Waals surface area contributed by atoms with Gasteiger partial charge in [0.25, 0.3) is 0 Å². The molecule has 166 valence electrons. The lowest BCUT2D eigenvalue weighted by Gasteiger charge is -2.15. The highest BCUT2D eigenvalue weighted by Crippen LogP contribution is 2.30. The zero-order chi connectivity index (χ0) is 23.0. The molecule has 1 N–H and O–H groups in total. The van der Waals surface area contributed by atoms with Crippen LogP contribution in [0.15, 0.2) is 30.3 Å². The van der Waals surface area contributed by atoms with Gasteiger partial charge < -0.3 is 5.11 Å². The van der Waals surface area contributed by atoms with Crippen LogP contribution >= 0.6 is 0 Å². The summed E-state index contributed by atoms with van der Waals surface area (Å²) in [6.07, 6.45) is -3.81. The van der Waals surface area contributed by atoms with Gasteiger partial charge in [0, 0.05) is 19.3 Å². The van der Waals surface area contributed by atoms with Gasteiger partial charge in [-0.15, -0.1) is 0 Å². The zero-order valence-corrected chi connectivity index (χ0v) is 17.4. The van der Waals surface area contributed by atoms with Crippen LogP contribution < -0.4 is 0 Å². The fourth-order valence-electron chi connectivity index (χ4n) is 3.34. The van der Waals surface area contributed by atoms with Crippen molar-refractivity contribution in [1.29, 1.82) is 0 Å². The number of benzene rings is 1. The van der Waals surface area contributed by atoms with E-state index in [-0.39, 0.29) is 36.2 Å². The van der Waals surface area contributed by atoms with E-state index < -0.39 is 23.3 Å². The van der Waals surface area contributed by atoms with Crippen LogP contribution in [0.4, 0.5) is 17.6 Å². The van der Waals surface area contributed by atoms with Gasteiger partial charge in [0.2, 0.25) is 0 Å². The zero-order valence-electron chi connectivity index (χ0n) is 17.4. The molecule has 0 saturated carbocycles. The average molecular weight is 437 g/mol.